The van der Waals surface area contributed by atoms with Crippen molar-refractivity contribution in [2.24, 2.45) is 0 Å². The van der Waals surface area contributed by atoms with Crippen molar-refractivity contribution in [3.63, 3.8) is 0 Å². The number of benzene rings is 4. The monoisotopic (exact) mass is 572 g/mol. The van der Waals surface area contributed by atoms with Gasteiger partial charge in [0.05, 0.1) is 11.0 Å². The fourth-order valence-electron chi connectivity index (χ4n) is 5.61. The molecule has 0 aliphatic heterocycles. The maximum atomic E-state index is 14.8. The smallest absolute Gasteiger partial charge is 0.283 e. The van der Waals surface area contributed by atoms with E-state index in [1.54, 1.807) is 10.8 Å². The highest BCUT2D eigenvalue weighted by Gasteiger charge is 2.24. The summed E-state index contributed by atoms with van der Waals surface area (Å²) in [6.45, 7) is 4.00. The van der Waals surface area contributed by atoms with E-state index in [-0.39, 0.29) is 11.5 Å². The van der Waals surface area contributed by atoms with Crippen LogP contribution in [-0.4, -0.2) is 28.9 Å². The van der Waals surface area contributed by atoms with E-state index in [0.717, 1.165) is 33.2 Å². The Morgan fingerprint density at radius 2 is 1.07 bits per heavy atom. The molecule has 0 aliphatic carbocycles. The van der Waals surface area contributed by atoms with E-state index in [1.807, 2.05) is 146 Å². The Kier molecular flexibility index (Phi) is 6.96. The standard InChI is InChI=1S/C35H22N6O.C2H6/c42-34-30-29(23-13-4-1-5-14-23)26-19-10-11-20-27(26)40(30)33-28(21-12-22-36-33)41(34)35-38-31(24-15-6-2-7-16-24)37-32(39-35)25-17-8-3-9-18-25;1-2/h1-22H;1-2H3. The van der Waals surface area contributed by atoms with Gasteiger partial charge in [-0.2, -0.15) is 9.97 Å². The first-order valence-corrected chi connectivity index (χ1v) is 14.6. The van der Waals surface area contributed by atoms with Gasteiger partial charge in [0, 0.05) is 28.3 Å². The van der Waals surface area contributed by atoms with Gasteiger partial charge in [-0.15, -0.1) is 0 Å². The van der Waals surface area contributed by atoms with Crippen molar-refractivity contribution >= 4 is 27.6 Å². The largest absolute Gasteiger partial charge is 0.287 e. The van der Waals surface area contributed by atoms with Crippen molar-refractivity contribution in [3.05, 3.63) is 144 Å². The molecular weight excluding hydrogens is 544 g/mol. The van der Waals surface area contributed by atoms with Gasteiger partial charge in [-0.1, -0.05) is 123 Å². The van der Waals surface area contributed by atoms with Crippen LogP contribution in [0.1, 0.15) is 13.8 Å². The zero-order chi connectivity index (χ0) is 30.0. The highest BCUT2D eigenvalue weighted by atomic mass is 16.1. The summed E-state index contributed by atoms with van der Waals surface area (Å²) in [5.41, 5.74) is 5.85. The number of hydrogen-bond donors (Lipinski definition) is 0. The SMILES string of the molecule is CC.O=c1c2c(-c3ccccc3)c3ccccc3n2c2ncccc2n1-c1nc(-c2ccccc2)nc(-c2ccccc2)n1. The van der Waals surface area contributed by atoms with Crippen LogP contribution in [0.5, 0.6) is 0 Å². The van der Waals surface area contributed by atoms with Crippen LogP contribution in [0.15, 0.2) is 138 Å². The van der Waals surface area contributed by atoms with E-state index in [0.29, 0.717) is 28.3 Å². The predicted molar refractivity (Wildman–Crippen MR) is 177 cm³/mol. The summed E-state index contributed by atoms with van der Waals surface area (Å²) in [5.74, 6) is 1.19. The number of para-hydroxylation sites is 1. The van der Waals surface area contributed by atoms with Gasteiger partial charge in [-0.3, -0.25) is 9.20 Å². The van der Waals surface area contributed by atoms with E-state index in [9.17, 15) is 4.79 Å². The molecule has 212 valence electrons. The second kappa shape index (κ2) is 11.4. The number of hydrogen-bond acceptors (Lipinski definition) is 5. The number of rotatable bonds is 4. The fraction of sp³-hybridized carbons (Fsp3) is 0.0541. The van der Waals surface area contributed by atoms with Crippen molar-refractivity contribution in [2.75, 3.05) is 0 Å². The molecule has 0 unspecified atom stereocenters. The zero-order valence-electron chi connectivity index (χ0n) is 24.3. The van der Waals surface area contributed by atoms with Crippen LogP contribution in [0.3, 0.4) is 0 Å². The van der Waals surface area contributed by atoms with E-state index in [4.69, 9.17) is 19.9 Å². The van der Waals surface area contributed by atoms with Gasteiger partial charge in [0.2, 0.25) is 5.95 Å². The molecule has 0 fully saturated rings. The van der Waals surface area contributed by atoms with Crippen LogP contribution in [0.25, 0.3) is 67.4 Å². The summed E-state index contributed by atoms with van der Waals surface area (Å²) in [4.78, 5) is 34.2. The molecule has 4 heterocycles. The summed E-state index contributed by atoms with van der Waals surface area (Å²) in [6.07, 6.45) is 1.74. The van der Waals surface area contributed by atoms with Crippen LogP contribution in [0.2, 0.25) is 0 Å². The van der Waals surface area contributed by atoms with Crippen LogP contribution in [0, 0.1) is 0 Å². The minimum Gasteiger partial charge on any atom is -0.287 e. The molecule has 0 saturated carbocycles. The number of fused-ring (bicyclic) bond motifs is 5. The van der Waals surface area contributed by atoms with Crippen molar-refractivity contribution < 1.29 is 0 Å². The average molecular weight is 573 g/mol. The molecule has 7 nitrogen and oxygen atoms in total. The van der Waals surface area contributed by atoms with Gasteiger partial charge in [-0.05, 0) is 23.8 Å². The summed E-state index contributed by atoms with van der Waals surface area (Å²) in [6, 6.07) is 41.2. The molecule has 4 aromatic heterocycles. The predicted octanol–water partition coefficient (Wildman–Crippen LogP) is 8.00. The zero-order valence-corrected chi connectivity index (χ0v) is 24.3. The first kappa shape index (κ1) is 26.9. The fourth-order valence-corrected chi connectivity index (χ4v) is 5.61. The summed E-state index contributed by atoms with van der Waals surface area (Å²) < 4.78 is 3.53. The Hall–Kier alpha value is -5.95. The van der Waals surface area contributed by atoms with Gasteiger partial charge in [0.25, 0.3) is 5.56 Å². The molecule has 0 atom stereocenters. The molecule has 0 aliphatic rings. The second-order valence-corrected chi connectivity index (χ2v) is 9.94. The highest BCUT2D eigenvalue weighted by molar-refractivity contribution is 6.07. The average Bonchev–Trinajstić information content (AvgIpc) is 3.46. The summed E-state index contributed by atoms with van der Waals surface area (Å²) >= 11 is 0. The Morgan fingerprint density at radius 3 is 1.68 bits per heavy atom. The van der Waals surface area contributed by atoms with E-state index in [2.05, 4.69) is 0 Å². The molecule has 7 heteroatoms. The Morgan fingerprint density at radius 1 is 0.545 bits per heavy atom. The molecule has 0 saturated heterocycles. The third kappa shape index (κ3) is 4.42. The van der Waals surface area contributed by atoms with Gasteiger partial charge in [-0.25, -0.2) is 14.5 Å². The Labute approximate surface area is 253 Å². The van der Waals surface area contributed by atoms with Crippen LogP contribution in [-0.2, 0) is 0 Å². The lowest BCUT2D eigenvalue weighted by molar-refractivity contribution is 0.894. The lowest BCUT2D eigenvalue weighted by Gasteiger charge is -2.14. The highest BCUT2D eigenvalue weighted by Crippen LogP contribution is 2.36. The first-order chi connectivity index (χ1) is 21.8. The molecule has 0 spiro atoms. The van der Waals surface area contributed by atoms with Crippen molar-refractivity contribution in [3.8, 4) is 39.9 Å². The van der Waals surface area contributed by atoms with Crippen LogP contribution >= 0.6 is 0 Å². The van der Waals surface area contributed by atoms with E-state index < -0.39 is 0 Å². The third-order valence-electron chi connectivity index (χ3n) is 7.45. The minimum absolute atomic E-state index is 0.234. The van der Waals surface area contributed by atoms with Crippen LogP contribution in [0.4, 0.5) is 0 Å². The summed E-state index contributed by atoms with van der Waals surface area (Å²) in [7, 11) is 0. The second-order valence-electron chi connectivity index (χ2n) is 9.94. The lowest BCUT2D eigenvalue weighted by atomic mass is 10.0. The van der Waals surface area contributed by atoms with Gasteiger partial charge in [0.15, 0.2) is 17.3 Å². The summed E-state index contributed by atoms with van der Waals surface area (Å²) in [5, 5.41) is 0.969. The molecule has 8 rings (SSSR count). The lowest BCUT2D eigenvalue weighted by Crippen LogP contribution is -2.24. The maximum Gasteiger partial charge on any atom is 0.283 e. The quantitative estimate of drug-likeness (QED) is 0.214. The topological polar surface area (TPSA) is 78.0 Å². The minimum atomic E-state index is -0.241. The van der Waals surface area contributed by atoms with Gasteiger partial charge < -0.3 is 0 Å². The molecule has 44 heavy (non-hydrogen) atoms. The van der Waals surface area contributed by atoms with Crippen molar-refractivity contribution in [1.29, 1.82) is 0 Å². The van der Waals surface area contributed by atoms with Crippen molar-refractivity contribution in [1.82, 2.24) is 28.9 Å². The Balaban J connectivity index is 0.00000153. The normalized spacial score (nSPS) is 11.0. The number of nitrogens with zero attached hydrogens (tertiary/aromatic N) is 6. The van der Waals surface area contributed by atoms with E-state index in [1.165, 1.54) is 0 Å². The molecule has 0 N–H and O–H groups in total. The van der Waals surface area contributed by atoms with Crippen LogP contribution < -0.4 is 5.56 Å². The third-order valence-corrected chi connectivity index (χ3v) is 7.45. The number of aromatic nitrogens is 6. The molecule has 0 bridgehead atoms. The molecule has 0 radical (unpaired) electrons. The van der Waals surface area contributed by atoms with Gasteiger partial charge in [0.1, 0.15) is 5.52 Å². The Bertz CT molecular complexity index is 2250. The number of pyridine rings is 1. The van der Waals surface area contributed by atoms with Gasteiger partial charge >= 0.3 is 0 Å². The molecular formula is C37H28N6O. The molecule has 0 amide bonds. The van der Waals surface area contributed by atoms with E-state index >= 15 is 0 Å². The van der Waals surface area contributed by atoms with Crippen molar-refractivity contribution in [2.45, 2.75) is 13.8 Å². The maximum absolute atomic E-state index is 14.8. The molecule has 8 aromatic rings. The molecule has 4 aromatic carbocycles. The first-order valence-electron chi connectivity index (χ1n) is 14.6.